The number of hydrogen-bond donors (Lipinski definition) is 0. The Hall–Kier alpha value is -2.43. The minimum Gasteiger partial charge on any atom is -0.204 e. The average Bonchev–Trinajstić information content (AvgIpc) is 2.75. The molecule has 1 fully saturated rings. The molecule has 0 unspecified atom stereocenters. The van der Waals surface area contributed by atoms with E-state index in [9.17, 15) is 22.0 Å². The van der Waals surface area contributed by atoms with Crippen LogP contribution in [0.5, 0.6) is 0 Å². The summed E-state index contributed by atoms with van der Waals surface area (Å²) in [5.41, 5.74) is 0.749. The minimum atomic E-state index is -1.56. The third-order valence-corrected chi connectivity index (χ3v) is 6.35. The molecule has 0 radical (unpaired) electrons. The lowest BCUT2D eigenvalue weighted by Gasteiger charge is -2.29. The van der Waals surface area contributed by atoms with Crippen LogP contribution in [0, 0.1) is 35.0 Å². The molecule has 0 saturated heterocycles. The van der Waals surface area contributed by atoms with Gasteiger partial charge in [0.15, 0.2) is 29.1 Å². The average molecular weight is 418 g/mol. The summed E-state index contributed by atoms with van der Waals surface area (Å²) in [7, 11) is 0. The fourth-order valence-electron chi connectivity index (χ4n) is 4.72. The van der Waals surface area contributed by atoms with E-state index in [2.05, 4.69) is 6.92 Å². The van der Waals surface area contributed by atoms with Crippen molar-refractivity contribution >= 4 is 10.8 Å². The first-order valence-electron chi connectivity index (χ1n) is 10.5. The molecule has 4 rings (SSSR count). The van der Waals surface area contributed by atoms with Crippen molar-refractivity contribution in [3.8, 4) is 11.1 Å². The van der Waals surface area contributed by atoms with Gasteiger partial charge >= 0.3 is 0 Å². The highest BCUT2D eigenvalue weighted by Crippen LogP contribution is 2.40. The van der Waals surface area contributed by atoms with Crippen LogP contribution in [0.3, 0.4) is 0 Å². The first kappa shape index (κ1) is 20.8. The van der Waals surface area contributed by atoms with E-state index in [4.69, 9.17) is 0 Å². The second kappa shape index (κ2) is 8.37. The highest BCUT2D eigenvalue weighted by molar-refractivity contribution is 5.88. The number of fused-ring (bicyclic) bond motifs is 1. The summed E-state index contributed by atoms with van der Waals surface area (Å²) in [5.74, 6) is -5.36. The Labute approximate surface area is 172 Å². The predicted octanol–water partition coefficient (Wildman–Crippen LogP) is 8.28. The molecule has 0 spiro atoms. The quantitative estimate of drug-likeness (QED) is 0.295. The summed E-state index contributed by atoms with van der Waals surface area (Å²) in [6.07, 6.45) is 6.06. The Morgan fingerprint density at radius 2 is 1.40 bits per heavy atom. The van der Waals surface area contributed by atoms with E-state index in [1.807, 2.05) is 0 Å². The van der Waals surface area contributed by atoms with E-state index < -0.39 is 29.1 Å². The van der Waals surface area contributed by atoms with Gasteiger partial charge in [0.25, 0.3) is 0 Å². The second-order valence-electron chi connectivity index (χ2n) is 8.29. The van der Waals surface area contributed by atoms with Crippen LogP contribution in [0.25, 0.3) is 21.9 Å². The van der Waals surface area contributed by atoms with Crippen molar-refractivity contribution in [1.82, 2.24) is 0 Å². The van der Waals surface area contributed by atoms with Crippen LogP contribution in [0.2, 0.25) is 0 Å². The lowest BCUT2D eigenvalue weighted by Crippen LogP contribution is -2.14. The Balaban J connectivity index is 1.70. The molecule has 0 bridgehead atoms. The normalized spacial score (nSPS) is 19.4. The lowest BCUT2D eigenvalue weighted by molar-refractivity contribution is 0.303. The largest absolute Gasteiger partial charge is 0.204 e. The SMILES string of the molecule is CCCC1CCC(c2cc3ccc(-c4cc(F)c(F)c(F)c4)cc3c(F)c2F)CC1. The van der Waals surface area contributed by atoms with Gasteiger partial charge in [0, 0.05) is 5.39 Å². The van der Waals surface area contributed by atoms with Gasteiger partial charge in [-0.25, -0.2) is 22.0 Å². The van der Waals surface area contributed by atoms with Crippen molar-refractivity contribution in [1.29, 1.82) is 0 Å². The van der Waals surface area contributed by atoms with Crippen molar-refractivity contribution in [2.24, 2.45) is 5.92 Å². The molecule has 0 N–H and O–H groups in total. The Bertz CT molecular complexity index is 1060. The summed E-state index contributed by atoms with van der Waals surface area (Å²) in [6, 6.07) is 7.91. The molecule has 0 aromatic heterocycles. The van der Waals surface area contributed by atoms with Crippen LogP contribution >= 0.6 is 0 Å². The van der Waals surface area contributed by atoms with Crippen LogP contribution in [0.4, 0.5) is 22.0 Å². The molecule has 3 aromatic carbocycles. The molecule has 0 aliphatic heterocycles. The first-order valence-corrected chi connectivity index (χ1v) is 10.5. The standard InChI is InChI=1S/C25H23F5/c1-2-3-14-4-6-15(7-5-14)19-11-17-9-8-16(10-20(17)24(29)23(19)28)18-12-21(26)25(30)22(27)13-18/h8-15H,2-7H2,1H3. The van der Waals surface area contributed by atoms with E-state index in [0.717, 1.165) is 44.2 Å². The maximum absolute atomic E-state index is 14.9. The van der Waals surface area contributed by atoms with Gasteiger partial charge in [0.1, 0.15) is 0 Å². The number of hydrogen-bond acceptors (Lipinski definition) is 0. The number of benzene rings is 3. The van der Waals surface area contributed by atoms with E-state index in [1.165, 1.54) is 12.5 Å². The second-order valence-corrected chi connectivity index (χ2v) is 8.29. The highest BCUT2D eigenvalue weighted by atomic mass is 19.2. The lowest BCUT2D eigenvalue weighted by atomic mass is 9.76. The van der Waals surface area contributed by atoms with Gasteiger partial charge in [-0.15, -0.1) is 0 Å². The first-order chi connectivity index (χ1) is 14.4. The van der Waals surface area contributed by atoms with Crippen LogP contribution in [0.15, 0.2) is 36.4 Å². The summed E-state index contributed by atoms with van der Waals surface area (Å²) in [6.45, 7) is 2.16. The van der Waals surface area contributed by atoms with E-state index >= 15 is 0 Å². The Morgan fingerprint density at radius 1 is 0.733 bits per heavy atom. The summed E-state index contributed by atoms with van der Waals surface area (Å²) < 4.78 is 70.2. The molecule has 1 aliphatic rings. The van der Waals surface area contributed by atoms with Gasteiger partial charge in [0.2, 0.25) is 0 Å². The van der Waals surface area contributed by atoms with Crippen molar-refractivity contribution in [3.63, 3.8) is 0 Å². The summed E-state index contributed by atoms with van der Waals surface area (Å²) in [4.78, 5) is 0. The van der Waals surface area contributed by atoms with Gasteiger partial charge in [-0.2, -0.15) is 0 Å². The zero-order valence-corrected chi connectivity index (χ0v) is 16.8. The zero-order valence-electron chi connectivity index (χ0n) is 16.8. The molecular formula is C25H23F5. The predicted molar refractivity (Wildman–Crippen MR) is 109 cm³/mol. The molecule has 1 saturated carbocycles. The zero-order chi connectivity index (χ0) is 21.4. The fourth-order valence-corrected chi connectivity index (χ4v) is 4.72. The summed E-state index contributed by atoms with van der Waals surface area (Å²) in [5, 5.41) is 0.574. The van der Waals surface area contributed by atoms with Crippen LogP contribution < -0.4 is 0 Å². The molecule has 5 heteroatoms. The van der Waals surface area contributed by atoms with Crippen molar-refractivity contribution in [3.05, 3.63) is 71.0 Å². The minimum absolute atomic E-state index is 0.00280. The molecular weight excluding hydrogens is 395 g/mol. The number of rotatable bonds is 4. The fraction of sp³-hybridized carbons (Fsp3) is 0.360. The van der Waals surface area contributed by atoms with Gasteiger partial charge in [-0.3, -0.25) is 0 Å². The van der Waals surface area contributed by atoms with Crippen molar-refractivity contribution in [2.75, 3.05) is 0 Å². The topological polar surface area (TPSA) is 0 Å². The molecule has 0 heterocycles. The molecule has 158 valence electrons. The molecule has 0 atom stereocenters. The maximum atomic E-state index is 14.9. The van der Waals surface area contributed by atoms with Gasteiger partial charge in [0.05, 0.1) is 0 Å². The Morgan fingerprint density at radius 3 is 2.03 bits per heavy atom. The molecule has 30 heavy (non-hydrogen) atoms. The highest BCUT2D eigenvalue weighted by Gasteiger charge is 2.26. The van der Waals surface area contributed by atoms with Crippen LogP contribution in [0.1, 0.15) is 56.9 Å². The smallest absolute Gasteiger partial charge is 0.194 e. The van der Waals surface area contributed by atoms with Crippen molar-refractivity contribution < 1.29 is 22.0 Å². The summed E-state index contributed by atoms with van der Waals surface area (Å²) >= 11 is 0. The van der Waals surface area contributed by atoms with Crippen molar-refractivity contribution in [2.45, 2.75) is 51.4 Å². The van der Waals surface area contributed by atoms with Gasteiger partial charge < -0.3 is 0 Å². The number of halogens is 5. The third-order valence-electron chi connectivity index (χ3n) is 6.35. The molecule has 1 aliphatic carbocycles. The molecule has 0 amide bonds. The van der Waals surface area contributed by atoms with E-state index in [0.29, 0.717) is 16.9 Å². The monoisotopic (exact) mass is 418 g/mol. The molecule has 3 aromatic rings. The van der Waals surface area contributed by atoms with Crippen LogP contribution in [-0.2, 0) is 0 Å². The molecule has 0 nitrogen and oxygen atoms in total. The third kappa shape index (κ3) is 3.82. The van der Waals surface area contributed by atoms with Gasteiger partial charge in [-0.05, 0) is 83.9 Å². The van der Waals surface area contributed by atoms with E-state index in [-0.39, 0.29) is 22.4 Å². The Kier molecular flexibility index (Phi) is 5.81. The van der Waals surface area contributed by atoms with Crippen LogP contribution in [-0.4, -0.2) is 0 Å². The van der Waals surface area contributed by atoms with E-state index in [1.54, 1.807) is 18.2 Å². The van der Waals surface area contributed by atoms with Gasteiger partial charge in [-0.1, -0.05) is 31.9 Å². The maximum Gasteiger partial charge on any atom is 0.194 e.